The van der Waals surface area contributed by atoms with E-state index in [4.69, 9.17) is 5.26 Å². The molecule has 1 atom stereocenters. The summed E-state index contributed by atoms with van der Waals surface area (Å²) in [5.74, 6) is 1.32. The maximum Gasteiger partial charge on any atom is 0.122 e. The summed E-state index contributed by atoms with van der Waals surface area (Å²) in [4.78, 5) is 12.2. The van der Waals surface area contributed by atoms with Gasteiger partial charge < -0.3 is 9.69 Å². The summed E-state index contributed by atoms with van der Waals surface area (Å²) in [6, 6.07) is 2.06. The van der Waals surface area contributed by atoms with Crippen LogP contribution in [0.25, 0.3) is 0 Å². The van der Waals surface area contributed by atoms with Crippen molar-refractivity contribution in [2.24, 2.45) is 11.8 Å². The van der Waals surface area contributed by atoms with Crippen molar-refractivity contribution in [2.45, 2.75) is 45.4 Å². The summed E-state index contributed by atoms with van der Waals surface area (Å²) in [7, 11) is 3.91. The number of aldehydes is 1. The number of carbonyl (C=O) groups is 1. The van der Waals surface area contributed by atoms with Crippen molar-refractivity contribution in [3.05, 3.63) is 0 Å². The monoisotopic (exact) mass is 238 g/mol. The van der Waals surface area contributed by atoms with Crippen LogP contribution < -0.4 is 0 Å². The van der Waals surface area contributed by atoms with Crippen LogP contribution in [0, 0.1) is 23.2 Å². The lowest BCUT2D eigenvalue weighted by atomic mass is 10.0. The van der Waals surface area contributed by atoms with Crippen LogP contribution in [-0.2, 0) is 4.79 Å². The molecule has 0 aliphatic heterocycles. The van der Waals surface area contributed by atoms with Gasteiger partial charge in [-0.15, -0.1) is 0 Å². The van der Waals surface area contributed by atoms with E-state index in [-0.39, 0.29) is 0 Å². The van der Waals surface area contributed by atoms with Crippen LogP contribution in [0.1, 0.15) is 45.4 Å². The molecule has 0 saturated heterocycles. The zero-order valence-corrected chi connectivity index (χ0v) is 11.5. The smallest absolute Gasteiger partial charge is 0.122 e. The summed E-state index contributed by atoms with van der Waals surface area (Å²) < 4.78 is 0. The Morgan fingerprint density at radius 2 is 2.12 bits per heavy atom. The second-order valence-corrected chi connectivity index (χ2v) is 5.20. The molecule has 1 aliphatic rings. The fraction of sp³-hybridized carbons (Fsp3) is 0.857. The molecule has 0 aromatic rings. The molecule has 1 saturated carbocycles. The van der Waals surface area contributed by atoms with E-state index in [1.54, 1.807) is 0 Å². The predicted octanol–water partition coefficient (Wildman–Crippen LogP) is 2.86. The third-order valence-electron chi connectivity index (χ3n) is 2.87. The lowest BCUT2D eigenvalue weighted by Crippen LogP contribution is -2.11. The van der Waals surface area contributed by atoms with Gasteiger partial charge in [0.15, 0.2) is 0 Å². The summed E-state index contributed by atoms with van der Waals surface area (Å²) in [5.41, 5.74) is 0. The minimum absolute atomic E-state index is 0.291. The average Bonchev–Trinajstić information content (AvgIpc) is 3.11. The van der Waals surface area contributed by atoms with E-state index in [0.717, 1.165) is 25.2 Å². The van der Waals surface area contributed by atoms with Crippen molar-refractivity contribution in [3.8, 4) is 6.07 Å². The Bertz CT molecular complexity index is 229. The molecule has 0 radical (unpaired) electrons. The topological polar surface area (TPSA) is 44.1 Å². The second-order valence-electron chi connectivity index (χ2n) is 5.20. The predicted molar refractivity (Wildman–Crippen MR) is 70.6 cm³/mol. The lowest BCUT2D eigenvalue weighted by molar-refractivity contribution is -0.110. The van der Waals surface area contributed by atoms with Gasteiger partial charge in [0.05, 0.1) is 6.07 Å². The Kier molecular flexibility index (Phi) is 9.75. The molecular weight excluding hydrogens is 212 g/mol. The molecule has 1 rings (SSSR count). The normalized spacial score (nSPS) is 15.7. The van der Waals surface area contributed by atoms with Gasteiger partial charge in [-0.1, -0.05) is 32.6 Å². The number of hydrogen-bond donors (Lipinski definition) is 0. The van der Waals surface area contributed by atoms with Gasteiger partial charge in [0.25, 0.3) is 0 Å². The van der Waals surface area contributed by atoms with Gasteiger partial charge in [-0.2, -0.15) is 5.26 Å². The zero-order chi connectivity index (χ0) is 13.1. The molecule has 0 amide bonds. The van der Waals surface area contributed by atoms with Gasteiger partial charge in [0.2, 0.25) is 0 Å². The first-order valence-electron chi connectivity index (χ1n) is 6.57. The third kappa shape index (κ3) is 13.1. The van der Waals surface area contributed by atoms with E-state index in [9.17, 15) is 4.79 Å². The van der Waals surface area contributed by atoms with Crippen LogP contribution in [0.2, 0.25) is 0 Å². The lowest BCUT2D eigenvalue weighted by Gasteiger charge is -2.02. The van der Waals surface area contributed by atoms with Gasteiger partial charge in [-0.05, 0) is 26.4 Å². The van der Waals surface area contributed by atoms with Crippen LogP contribution in [0.5, 0.6) is 0 Å². The molecule has 0 spiro atoms. The molecule has 0 aromatic carbocycles. The van der Waals surface area contributed by atoms with Gasteiger partial charge in [0.1, 0.15) is 6.29 Å². The zero-order valence-electron chi connectivity index (χ0n) is 11.5. The van der Waals surface area contributed by atoms with Crippen LogP contribution in [0.15, 0.2) is 0 Å². The molecule has 1 aliphatic carbocycles. The van der Waals surface area contributed by atoms with E-state index >= 15 is 0 Å². The summed E-state index contributed by atoms with van der Waals surface area (Å²) in [6.07, 6.45) is 8.29. The molecule has 0 bridgehead atoms. The first-order valence-corrected chi connectivity index (χ1v) is 6.57. The Hall–Kier alpha value is -0.880. The third-order valence-corrected chi connectivity index (χ3v) is 2.87. The Balaban J connectivity index is 0.000000325. The van der Waals surface area contributed by atoms with E-state index in [1.165, 1.54) is 25.7 Å². The van der Waals surface area contributed by atoms with E-state index in [2.05, 4.69) is 6.07 Å². The van der Waals surface area contributed by atoms with Gasteiger partial charge in [-0.25, -0.2) is 0 Å². The maximum absolute atomic E-state index is 10.2. The van der Waals surface area contributed by atoms with Crippen LogP contribution in [0.4, 0.5) is 0 Å². The summed E-state index contributed by atoms with van der Waals surface area (Å²) in [6.45, 7) is 2.87. The highest BCUT2D eigenvalue weighted by molar-refractivity contribution is 5.52. The van der Waals surface area contributed by atoms with Crippen molar-refractivity contribution in [2.75, 3.05) is 20.6 Å². The second kappa shape index (κ2) is 10.3. The molecule has 1 unspecified atom stereocenters. The van der Waals surface area contributed by atoms with Crippen molar-refractivity contribution in [1.29, 1.82) is 5.26 Å². The molecule has 17 heavy (non-hydrogen) atoms. The van der Waals surface area contributed by atoms with Crippen molar-refractivity contribution in [1.82, 2.24) is 4.90 Å². The quantitative estimate of drug-likeness (QED) is 0.641. The molecule has 0 N–H and O–H groups in total. The minimum atomic E-state index is 0.291. The van der Waals surface area contributed by atoms with Gasteiger partial charge >= 0.3 is 0 Å². The Morgan fingerprint density at radius 1 is 1.47 bits per heavy atom. The highest BCUT2D eigenvalue weighted by atomic mass is 16.1. The van der Waals surface area contributed by atoms with Crippen LogP contribution >= 0.6 is 0 Å². The molecule has 3 nitrogen and oxygen atoms in total. The van der Waals surface area contributed by atoms with E-state index < -0.39 is 0 Å². The Morgan fingerprint density at radius 3 is 2.47 bits per heavy atom. The summed E-state index contributed by atoms with van der Waals surface area (Å²) in [5, 5.41) is 8.04. The molecule has 0 heterocycles. The minimum Gasteiger partial charge on any atom is -0.308 e. The molecule has 3 heteroatoms. The molecule has 0 aromatic heterocycles. The largest absolute Gasteiger partial charge is 0.308 e. The first-order chi connectivity index (χ1) is 8.10. The highest BCUT2D eigenvalue weighted by Gasteiger charge is 2.20. The maximum atomic E-state index is 10.2. The SMILES string of the molecule is CC(C=O)CCCC1CC1.CN(C)CCC#N. The van der Waals surface area contributed by atoms with Gasteiger partial charge in [0, 0.05) is 18.9 Å². The Labute approximate surface area is 106 Å². The number of carbonyl (C=O) groups excluding carboxylic acids is 1. The highest BCUT2D eigenvalue weighted by Crippen LogP contribution is 2.34. The number of rotatable bonds is 7. The van der Waals surface area contributed by atoms with Crippen molar-refractivity contribution >= 4 is 6.29 Å². The number of hydrogen-bond acceptors (Lipinski definition) is 3. The van der Waals surface area contributed by atoms with Crippen LogP contribution in [-0.4, -0.2) is 31.8 Å². The molecule has 1 fully saturated rings. The number of nitrogens with zero attached hydrogens (tertiary/aromatic N) is 2. The van der Waals surface area contributed by atoms with E-state index in [1.807, 2.05) is 25.9 Å². The average molecular weight is 238 g/mol. The standard InChI is InChI=1S/C9H16O.C5H10N2/c1-8(7-10)3-2-4-9-5-6-9;1-7(2)5-3-4-6/h7-9H,2-6H2,1H3;3,5H2,1-2H3. The molecule has 98 valence electrons. The number of nitriles is 1. The van der Waals surface area contributed by atoms with E-state index in [0.29, 0.717) is 12.3 Å². The van der Waals surface area contributed by atoms with Crippen molar-refractivity contribution in [3.63, 3.8) is 0 Å². The fourth-order valence-electron chi connectivity index (χ4n) is 1.48. The first kappa shape index (κ1) is 16.1. The fourth-order valence-corrected chi connectivity index (χ4v) is 1.48. The van der Waals surface area contributed by atoms with Crippen molar-refractivity contribution < 1.29 is 4.79 Å². The summed E-state index contributed by atoms with van der Waals surface area (Å²) >= 11 is 0. The van der Waals surface area contributed by atoms with Crippen LogP contribution in [0.3, 0.4) is 0 Å². The molecular formula is C14H26N2O. The van der Waals surface area contributed by atoms with Gasteiger partial charge in [-0.3, -0.25) is 0 Å².